The van der Waals surface area contributed by atoms with Gasteiger partial charge < -0.3 is 5.32 Å². The van der Waals surface area contributed by atoms with Crippen LogP contribution in [0.25, 0.3) is 21.6 Å². The summed E-state index contributed by atoms with van der Waals surface area (Å²) in [6, 6.07) is 10.5. The average molecular weight is 382 g/mol. The highest BCUT2D eigenvalue weighted by atomic mass is 32.1. The minimum atomic E-state index is -0.301. The minimum Gasteiger partial charge on any atom is -0.300 e. The molecule has 0 aliphatic rings. The highest BCUT2D eigenvalue weighted by Crippen LogP contribution is 2.26. The average Bonchev–Trinajstić information content (AvgIpc) is 3.23. The van der Waals surface area contributed by atoms with Gasteiger partial charge in [-0.3, -0.25) is 4.79 Å². The van der Waals surface area contributed by atoms with Crippen LogP contribution in [-0.2, 0) is 11.3 Å². The van der Waals surface area contributed by atoms with Gasteiger partial charge in [-0.2, -0.15) is 4.80 Å². The summed E-state index contributed by atoms with van der Waals surface area (Å²) in [6.45, 7) is 3.58. The number of thiazole rings is 1. The summed E-state index contributed by atoms with van der Waals surface area (Å²) < 4.78 is 14.4. The molecule has 1 N–H and O–H groups in total. The summed E-state index contributed by atoms with van der Waals surface area (Å²) in [5.74, 6) is -0.261. The Morgan fingerprint density at radius 3 is 2.89 bits per heavy atom. The number of anilines is 1. The van der Waals surface area contributed by atoms with Crippen molar-refractivity contribution in [3.05, 3.63) is 53.3 Å². The standard InChI is InChI=1S/C18H15FN6OS/c1-10-3-6-14-15(7-10)27-18(20-14)21-16(26)9-25-23-17(22-24-25)12-4-5-13(19)11(2)8-12/h3-8H,9H2,1-2H3,(H,20,21,26). The Kier molecular flexibility index (Phi) is 4.36. The van der Waals surface area contributed by atoms with Crippen molar-refractivity contribution in [3.8, 4) is 11.4 Å². The van der Waals surface area contributed by atoms with Gasteiger partial charge in [-0.15, -0.1) is 10.2 Å². The predicted molar refractivity (Wildman–Crippen MR) is 101 cm³/mol. The van der Waals surface area contributed by atoms with Crippen LogP contribution in [0.1, 0.15) is 11.1 Å². The van der Waals surface area contributed by atoms with Crippen molar-refractivity contribution in [1.82, 2.24) is 25.2 Å². The van der Waals surface area contributed by atoms with Crippen molar-refractivity contribution in [1.29, 1.82) is 0 Å². The Bertz CT molecular complexity index is 1150. The van der Waals surface area contributed by atoms with Gasteiger partial charge in [0.15, 0.2) is 5.13 Å². The highest BCUT2D eigenvalue weighted by molar-refractivity contribution is 7.22. The molecule has 1 amide bonds. The van der Waals surface area contributed by atoms with Gasteiger partial charge in [0.25, 0.3) is 0 Å². The fourth-order valence-corrected chi connectivity index (χ4v) is 3.56. The van der Waals surface area contributed by atoms with Gasteiger partial charge in [0, 0.05) is 5.56 Å². The number of aryl methyl sites for hydroxylation is 2. The fraction of sp³-hybridized carbons (Fsp3) is 0.167. The van der Waals surface area contributed by atoms with Gasteiger partial charge in [0.2, 0.25) is 11.7 Å². The molecule has 2 aromatic carbocycles. The lowest BCUT2D eigenvalue weighted by Gasteiger charge is -2.00. The number of hydrogen-bond acceptors (Lipinski definition) is 6. The molecule has 0 spiro atoms. The second-order valence-electron chi connectivity index (χ2n) is 6.15. The summed E-state index contributed by atoms with van der Waals surface area (Å²) in [6.07, 6.45) is 0. The first-order valence-corrected chi connectivity index (χ1v) is 9.01. The van der Waals surface area contributed by atoms with Crippen molar-refractivity contribution < 1.29 is 9.18 Å². The quantitative estimate of drug-likeness (QED) is 0.585. The smallest absolute Gasteiger partial charge is 0.249 e. The third-order valence-corrected chi connectivity index (χ3v) is 4.88. The van der Waals surface area contributed by atoms with E-state index in [1.54, 1.807) is 19.1 Å². The minimum absolute atomic E-state index is 0.0951. The molecule has 2 heterocycles. The van der Waals surface area contributed by atoms with Gasteiger partial charge >= 0.3 is 0 Å². The molecule has 136 valence electrons. The summed E-state index contributed by atoms with van der Waals surface area (Å²) in [4.78, 5) is 17.8. The molecule has 27 heavy (non-hydrogen) atoms. The number of fused-ring (bicyclic) bond motifs is 1. The molecule has 7 nitrogen and oxygen atoms in total. The SMILES string of the molecule is Cc1ccc2nc(NC(=O)Cn3nnc(-c4ccc(F)c(C)c4)n3)sc2c1. The number of hydrogen-bond donors (Lipinski definition) is 1. The number of nitrogens with one attached hydrogen (secondary N) is 1. The third-order valence-electron chi connectivity index (χ3n) is 3.94. The van der Waals surface area contributed by atoms with E-state index >= 15 is 0 Å². The Morgan fingerprint density at radius 2 is 2.07 bits per heavy atom. The van der Waals surface area contributed by atoms with Crippen molar-refractivity contribution in [2.45, 2.75) is 20.4 Å². The second-order valence-corrected chi connectivity index (χ2v) is 7.18. The lowest BCUT2D eigenvalue weighted by atomic mass is 10.1. The van der Waals surface area contributed by atoms with Crippen LogP contribution in [0.3, 0.4) is 0 Å². The van der Waals surface area contributed by atoms with Crippen molar-refractivity contribution in [3.63, 3.8) is 0 Å². The van der Waals surface area contributed by atoms with Crippen LogP contribution in [-0.4, -0.2) is 31.1 Å². The van der Waals surface area contributed by atoms with Crippen molar-refractivity contribution in [2.75, 3.05) is 5.32 Å². The number of carbonyl (C=O) groups is 1. The van der Waals surface area contributed by atoms with Gasteiger partial charge in [0.05, 0.1) is 10.2 Å². The lowest BCUT2D eigenvalue weighted by molar-refractivity contribution is -0.117. The number of amides is 1. The van der Waals surface area contributed by atoms with E-state index in [4.69, 9.17) is 0 Å². The molecule has 0 aliphatic heterocycles. The molecule has 4 aromatic rings. The van der Waals surface area contributed by atoms with Gasteiger partial charge in [-0.25, -0.2) is 9.37 Å². The molecular formula is C18H15FN6OS. The largest absolute Gasteiger partial charge is 0.300 e. The number of rotatable bonds is 4. The zero-order valence-electron chi connectivity index (χ0n) is 14.6. The molecule has 9 heteroatoms. The number of tetrazole rings is 1. The van der Waals surface area contributed by atoms with E-state index in [-0.39, 0.29) is 18.3 Å². The molecule has 0 saturated heterocycles. The van der Waals surface area contributed by atoms with Crippen LogP contribution in [0.2, 0.25) is 0 Å². The Labute approximate surface area is 157 Å². The maximum atomic E-state index is 13.4. The highest BCUT2D eigenvalue weighted by Gasteiger charge is 2.12. The van der Waals surface area contributed by atoms with E-state index in [1.807, 2.05) is 25.1 Å². The number of carbonyl (C=O) groups excluding carboxylic acids is 1. The Balaban J connectivity index is 1.46. The van der Waals surface area contributed by atoms with Crippen LogP contribution in [0.5, 0.6) is 0 Å². The summed E-state index contributed by atoms with van der Waals surface area (Å²) in [5.41, 5.74) is 3.11. The van der Waals surface area contributed by atoms with E-state index < -0.39 is 0 Å². The molecule has 0 fully saturated rings. The molecular weight excluding hydrogens is 367 g/mol. The van der Waals surface area contributed by atoms with Crippen molar-refractivity contribution >= 4 is 32.6 Å². The van der Waals surface area contributed by atoms with Gasteiger partial charge in [-0.1, -0.05) is 17.4 Å². The van der Waals surface area contributed by atoms with E-state index in [0.717, 1.165) is 15.8 Å². The molecule has 0 radical (unpaired) electrons. The zero-order chi connectivity index (χ0) is 19.0. The fourth-order valence-electron chi connectivity index (χ4n) is 2.58. The van der Waals surface area contributed by atoms with Crippen LogP contribution >= 0.6 is 11.3 Å². The van der Waals surface area contributed by atoms with E-state index in [9.17, 15) is 9.18 Å². The molecule has 2 aromatic heterocycles. The number of nitrogens with zero attached hydrogens (tertiary/aromatic N) is 5. The second kappa shape index (κ2) is 6.84. The summed E-state index contributed by atoms with van der Waals surface area (Å²) in [5, 5.41) is 15.3. The third kappa shape index (κ3) is 3.68. The monoisotopic (exact) mass is 382 g/mol. The predicted octanol–water partition coefficient (Wildman–Crippen LogP) is 3.34. The van der Waals surface area contributed by atoms with E-state index in [1.165, 1.54) is 22.2 Å². The Hall–Kier alpha value is -3.20. The lowest BCUT2D eigenvalue weighted by Crippen LogP contribution is -2.20. The summed E-state index contributed by atoms with van der Waals surface area (Å²) >= 11 is 1.41. The van der Waals surface area contributed by atoms with Crippen LogP contribution in [0.4, 0.5) is 9.52 Å². The molecule has 0 bridgehead atoms. The van der Waals surface area contributed by atoms with Crippen LogP contribution in [0, 0.1) is 19.7 Å². The molecule has 0 saturated carbocycles. The first-order valence-electron chi connectivity index (χ1n) is 8.19. The van der Waals surface area contributed by atoms with Gasteiger partial charge in [-0.05, 0) is 60.5 Å². The molecule has 4 rings (SSSR count). The molecule has 0 aliphatic carbocycles. The van der Waals surface area contributed by atoms with E-state index in [2.05, 4.69) is 25.7 Å². The first kappa shape index (κ1) is 17.2. The molecule has 0 unspecified atom stereocenters. The maximum Gasteiger partial charge on any atom is 0.249 e. The zero-order valence-corrected chi connectivity index (χ0v) is 15.4. The number of benzene rings is 2. The van der Waals surface area contributed by atoms with Crippen LogP contribution < -0.4 is 5.32 Å². The number of halogens is 1. The normalized spacial score (nSPS) is 11.1. The summed E-state index contributed by atoms with van der Waals surface area (Å²) in [7, 11) is 0. The number of aromatic nitrogens is 5. The van der Waals surface area contributed by atoms with Crippen LogP contribution in [0.15, 0.2) is 36.4 Å². The topological polar surface area (TPSA) is 85.6 Å². The maximum absolute atomic E-state index is 13.4. The Morgan fingerprint density at radius 1 is 1.22 bits per heavy atom. The first-order chi connectivity index (χ1) is 13.0. The van der Waals surface area contributed by atoms with E-state index in [0.29, 0.717) is 22.1 Å². The van der Waals surface area contributed by atoms with Gasteiger partial charge in [0.1, 0.15) is 12.4 Å². The van der Waals surface area contributed by atoms with Crippen molar-refractivity contribution in [2.24, 2.45) is 0 Å². The molecule has 0 atom stereocenters.